The summed E-state index contributed by atoms with van der Waals surface area (Å²) in [5.41, 5.74) is 1.19. The zero-order valence-corrected chi connectivity index (χ0v) is 9.46. The van der Waals surface area contributed by atoms with E-state index in [1.165, 1.54) is 5.69 Å². The van der Waals surface area contributed by atoms with Gasteiger partial charge in [-0.2, -0.15) is 0 Å². The molecule has 16 heavy (non-hydrogen) atoms. The van der Waals surface area contributed by atoms with E-state index < -0.39 is 13.0 Å². The average molecular weight is 232 g/mol. The van der Waals surface area contributed by atoms with E-state index in [1.807, 2.05) is 18.3 Å². The standard InChI is InChI=1S/C11H18F2N2O/c1-2-15-6-3-4-10(15)8-14-5-7-16-9-11(12)13/h3-4,6,11,14H,2,5,7-9H2,1H3. The zero-order chi connectivity index (χ0) is 11.8. The molecule has 0 saturated carbocycles. The second kappa shape index (κ2) is 7.35. The first-order valence-corrected chi connectivity index (χ1v) is 5.44. The molecule has 0 amide bonds. The Kier molecular flexibility index (Phi) is 6.03. The highest BCUT2D eigenvalue weighted by molar-refractivity contribution is 5.06. The largest absolute Gasteiger partial charge is 0.374 e. The van der Waals surface area contributed by atoms with Crippen LogP contribution in [0.25, 0.3) is 0 Å². The van der Waals surface area contributed by atoms with Gasteiger partial charge in [-0.1, -0.05) is 0 Å². The molecule has 0 bridgehead atoms. The summed E-state index contributed by atoms with van der Waals surface area (Å²) < 4.78 is 30.3. The van der Waals surface area contributed by atoms with Crippen molar-refractivity contribution in [1.29, 1.82) is 0 Å². The van der Waals surface area contributed by atoms with Crippen molar-refractivity contribution in [3.05, 3.63) is 24.0 Å². The number of aryl methyl sites for hydroxylation is 1. The molecule has 0 aliphatic carbocycles. The molecular weight excluding hydrogens is 214 g/mol. The van der Waals surface area contributed by atoms with Gasteiger partial charge in [0.1, 0.15) is 6.61 Å². The Balaban J connectivity index is 2.07. The summed E-state index contributed by atoms with van der Waals surface area (Å²) in [6, 6.07) is 4.03. The number of rotatable bonds is 8. The number of nitrogens with one attached hydrogen (secondary N) is 1. The normalized spacial score (nSPS) is 11.2. The van der Waals surface area contributed by atoms with E-state index in [-0.39, 0.29) is 0 Å². The summed E-state index contributed by atoms with van der Waals surface area (Å²) >= 11 is 0. The second-order valence-electron chi connectivity index (χ2n) is 3.43. The van der Waals surface area contributed by atoms with Crippen molar-refractivity contribution < 1.29 is 13.5 Å². The minimum Gasteiger partial charge on any atom is -0.374 e. The molecule has 1 rings (SSSR count). The van der Waals surface area contributed by atoms with Gasteiger partial charge < -0.3 is 14.6 Å². The number of halogens is 2. The summed E-state index contributed by atoms with van der Waals surface area (Å²) in [7, 11) is 0. The molecule has 0 atom stereocenters. The maximum Gasteiger partial charge on any atom is 0.261 e. The molecular formula is C11H18F2N2O. The van der Waals surface area contributed by atoms with Gasteiger partial charge in [0.15, 0.2) is 0 Å². The van der Waals surface area contributed by atoms with Gasteiger partial charge in [-0.25, -0.2) is 8.78 Å². The summed E-state index contributed by atoms with van der Waals surface area (Å²) in [4.78, 5) is 0. The summed E-state index contributed by atoms with van der Waals surface area (Å²) in [5, 5.41) is 3.15. The molecule has 0 unspecified atom stereocenters. The van der Waals surface area contributed by atoms with Crippen molar-refractivity contribution in [2.75, 3.05) is 19.8 Å². The van der Waals surface area contributed by atoms with Gasteiger partial charge in [-0.05, 0) is 19.1 Å². The van der Waals surface area contributed by atoms with Gasteiger partial charge in [0, 0.05) is 31.5 Å². The fourth-order valence-electron chi connectivity index (χ4n) is 1.45. The van der Waals surface area contributed by atoms with E-state index in [0.29, 0.717) is 13.2 Å². The van der Waals surface area contributed by atoms with Gasteiger partial charge in [0.05, 0.1) is 6.61 Å². The monoisotopic (exact) mass is 232 g/mol. The van der Waals surface area contributed by atoms with E-state index in [4.69, 9.17) is 4.74 Å². The maximum absolute atomic E-state index is 11.7. The van der Waals surface area contributed by atoms with Crippen LogP contribution >= 0.6 is 0 Å². The van der Waals surface area contributed by atoms with Crippen molar-refractivity contribution >= 4 is 0 Å². The molecule has 0 spiro atoms. The number of aromatic nitrogens is 1. The zero-order valence-electron chi connectivity index (χ0n) is 9.46. The lowest BCUT2D eigenvalue weighted by molar-refractivity contribution is 0.0187. The van der Waals surface area contributed by atoms with Gasteiger partial charge in [0.2, 0.25) is 0 Å². The Morgan fingerprint density at radius 3 is 3.00 bits per heavy atom. The van der Waals surface area contributed by atoms with E-state index in [2.05, 4.69) is 16.8 Å². The van der Waals surface area contributed by atoms with Crippen LogP contribution in [-0.2, 0) is 17.8 Å². The lowest BCUT2D eigenvalue weighted by atomic mass is 10.4. The van der Waals surface area contributed by atoms with Crippen LogP contribution in [0.4, 0.5) is 8.78 Å². The van der Waals surface area contributed by atoms with Crippen molar-refractivity contribution in [3.63, 3.8) is 0 Å². The van der Waals surface area contributed by atoms with Crippen LogP contribution in [0.3, 0.4) is 0 Å². The molecule has 0 aromatic carbocycles. The third-order valence-electron chi connectivity index (χ3n) is 2.24. The van der Waals surface area contributed by atoms with Crippen molar-refractivity contribution in [3.8, 4) is 0 Å². The first kappa shape index (κ1) is 13.1. The van der Waals surface area contributed by atoms with Crippen LogP contribution in [0.15, 0.2) is 18.3 Å². The van der Waals surface area contributed by atoms with E-state index >= 15 is 0 Å². The third-order valence-corrected chi connectivity index (χ3v) is 2.24. The Labute approximate surface area is 94.4 Å². The molecule has 1 aromatic rings. The summed E-state index contributed by atoms with van der Waals surface area (Å²) in [6.07, 6.45) is -0.359. The fourth-order valence-corrected chi connectivity index (χ4v) is 1.45. The molecule has 0 fully saturated rings. The van der Waals surface area contributed by atoms with Gasteiger partial charge >= 0.3 is 0 Å². The maximum atomic E-state index is 11.7. The lowest BCUT2D eigenvalue weighted by Crippen LogP contribution is -2.21. The van der Waals surface area contributed by atoms with E-state index in [1.54, 1.807) is 0 Å². The number of alkyl halides is 2. The van der Waals surface area contributed by atoms with Crippen LogP contribution in [0.2, 0.25) is 0 Å². The Hall–Kier alpha value is -0.940. The molecule has 0 aliphatic heterocycles. The second-order valence-corrected chi connectivity index (χ2v) is 3.43. The Bertz CT molecular complexity index is 289. The molecule has 0 aliphatic rings. The first-order chi connectivity index (χ1) is 7.74. The highest BCUT2D eigenvalue weighted by Crippen LogP contribution is 2.01. The molecule has 0 radical (unpaired) electrons. The molecule has 1 aromatic heterocycles. The third kappa shape index (κ3) is 4.72. The Morgan fingerprint density at radius 1 is 1.50 bits per heavy atom. The molecule has 0 saturated heterocycles. The number of ether oxygens (including phenoxy) is 1. The van der Waals surface area contributed by atoms with Crippen LogP contribution < -0.4 is 5.32 Å². The van der Waals surface area contributed by atoms with Crippen molar-refractivity contribution in [1.82, 2.24) is 9.88 Å². The molecule has 1 N–H and O–H groups in total. The van der Waals surface area contributed by atoms with Crippen molar-refractivity contribution in [2.45, 2.75) is 26.4 Å². The van der Waals surface area contributed by atoms with Gasteiger partial charge in [-0.15, -0.1) is 0 Å². The highest BCUT2D eigenvalue weighted by atomic mass is 19.3. The molecule has 5 heteroatoms. The number of nitrogens with zero attached hydrogens (tertiary/aromatic N) is 1. The van der Waals surface area contributed by atoms with Gasteiger partial charge in [0.25, 0.3) is 6.43 Å². The highest BCUT2D eigenvalue weighted by Gasteiger charge is 2.01. The molecule has 1 heterocycles. The fraction of sp³-hybridized carbons (Fsp3) is 0.636. The van der Waals surface area contributed by atoms with Crippen molar-refractivity contribution in [2.24, 2.45) is 0 Å². The van der Waals surface area contributed by atoms with Crippen LogP contribution in [0, 0.1) is 0 Å². The SMILES string of the molecule is CCn1cccc1CNCCOCC(F)F. The number of hydrogen-bond acceptors (Lipinski definition) is 2. The first-order valence-electron chi connectivity index (χ1n) is 5.44. The predicted octanol–water partition coefficient (Wildman–Crippen LogP) is 1.88. The van der Waals surface area contributed by atoms with Crippen LogP contribution in [0.5, 0.6) is 0 Å². The summed E-state index contributed by atoms with van der Waals surface area (Å²) in [6.45, 7) is 4.17. The minimum atomic E-state index is -2.38. The molecule has 92 valence electrons. The quantitative estimate of drug-likeness (QED) is 0.693. The van der Waals surface area contributed by atoms with Gasteiger partial charge in [-0.3, -0.25) is 0 Å². The molecule has 3 nitrogen and oxygen atoms in total. The van der Waals surface area contributed by atoms with E-state index in [0.717, 1.165) is 13.1 Å². The number of hydrogen-bond donors (Lipinski definition) is 1. The van der Waals surface area contributed by atoms with Crippen LogP contribution in [0.1, 0.15) is 12.6 Å². The van der Waals surface area contributed by atoms with E-state index in [9.17, 15) is 8.78 Å². The smallest absolute Gasteiger partial charge is 0.261 e. The predicted molar refractivity (Wildman–Crippen MR) is 58.6 cm³/mol. The Morgan fingerprint density at radius 2 is 2.31 bits per heavy atom. The topological polar surface area (TPSA) is 26.2 Å². The summed E-state index contributed by atoms with van der Waals surface area (Å²) in [5.74, 6) is 0. The minimum absolute atomic E-state index is 0.317. The lowest BCUT2D eigenvalue weighted by Gasteiger charge is -2.08. The van der Waals surface area contributed by atoms with Crippen LogP contribution in [-0.4, -0.2) is 30.8 Å². The average Bonchev–Trinajstić information content (AvgIpc) is 2.70.